The molecule has 0 aromatic heterocycles. The van der Waals surface area contributed by atoms with Crippen molar-refractivity contribution in [2.24, 2.45) is 0 Å². The molecule has 1 aliphatic rings. The fourth-order valence-corrected chi connectivity index (χ4v) is 2.47. The van der Waals surface area contributed by atoms with Crippen LogP contribution in [0.15, 0.2) is 24.3 Å². The SMILES string of the molecule is CCC1NCCC1c1cccc(OC)c1. The first-order valence-electron chi connectivity index (χ1n) is 5.72. The predicted octanol–water partition coefficient (Wildman–Crippen LogP) is 2.55. The Hall–Kier alpha value is -1.02. The van der Waals surface area contributed by atoms with Crippen LogP contribution in [0.2, 0.25) is 0 Å². The van der Waals surface area contributed by atoms with Gasteiger partial charge in [0.05, 0.1) is 7.11 Å². The van der Waals surface area contributed by atoms with Crippen LogP contribution in [0.4, 0.5) is 0 Å². The van der Waals surface area contributed by atoms with Crippen LogP contribution in [0.3, 0.4) is 0 Å². The predicted molar refractivity (Wildman–Crippen MR) is 62.4 cm³/mol. The van der Waals surface area contributed by atoms with Crippen LogP contribution in [-0.4, -0.2) is 19.7 Å². The summed E-state index contributed by atoms with van der Waals surface area (Å²) in [6.45, 7) is 3.39. The van der Waals surface area contributed by atoms with Crippen LogP contribution in [0, 0.1) is 0 Å². The summed E-state index contributed by atoms with van der Waals surface area (Å²) in [7, 11) is 1.73. The molecule has 1 N–H and O–H groups in total. The van der Waals surface area contributed by atoms with Crippen molar-refractivity contribution in [3.8, 4) is 5.75 Å². The van der Waals surface area contributed by atoms with Crippen molar-refractivity contribution in [2.45, 2.75) is 31.7 Å². The van der Waals surface area contributed by atoms with Crippen molar-refractivity contribution in [3.63, 3.8) is 0 Å². The van der Waals surface area contributed by atoms with E-state index in [0.29, 0.717) is 12.0 Å². The molecule has 0 saturated carbocycles. The third-order valence-corrected chi connectivity index (χ3v) is 3.31. The molecule has 82 valence electrons. The Kier molecular flexibility index (Phi) is 3.27. The smallest absolute Gasteiger partial charge is 0.119 e. The van der Waals surface area contributed by atoms with Crippen LogP contribution in [0.1, 0.15) is 31.2 Å². The number of rotatable bonds is 3. The van der Waals surface area contributed by atoms with E-state index in [1.165, 1.54) is 18.4 Å². The van der Waals surface area contributed by atoms with Crippen molar-refractivity contribution in [3.05, 3.63) is 29.8 Å². The molecule has 2 unspecified atom stereocenters. The monoisotopic (exact) mass is 205 g/mol. The molecule has 1 aromatic rings. The van der Waals surface area contributed by atoms with E-state index in [4.69, 9.17) is 4.74 Å². The Bertz CT molecular complexity index is 324. The highest BCUT2D eigenvalue weighted by molar-refractivity contribution is 5.32. The summed E-state index contributed by atoms with van der Waals surface area (Å²) in [5.41, 5.74) is 1.41. The third-order valence-electron chi connectivity index (χ3n) is 3.31. The first-order chi connectivity index (χ1) is 7.35. The highest BCUT2D eigenvalue weighted by Gasteiger charge is 2.26. The Morgan fingerprint density at radius 2 is 2.33 bits per heavy atom. The van der Waals surface area contributed by atoms with E-state index in [9.17, 15) is 0 Å². The van der Waals surface area contributed by atoms with Gasteiger partial charge in [0.15, 0.2) is 0 Å². The maximum absolute atomic E-state index is 5.26. The van der Waals surface area contributed by atoms with E-state index in [0.717, 1.165) is 12.3 Å². The summed E-state index contributed by atoms with van der Waals surface area (Å²) in [5, 5.41) is 3.55. The largest absolute Gasteiger partial charge is 0.497 e. The Morgan fingerprint density at radius 1 is 1.47 bits per heavy atom. The molecule has 1 heterocycles. The van der Waals surface area contributed by atoms with Crippen LogP contribution in [0.5, 0.6) is 5.75 Å². The molecule has 0 bridgehead atoms. The van der Waals surface area contributed by atoms with Gasteiger partial charge in [-0.25, -0.2) is 0 Å². The lowest BCUT2D eigenvalue weighted by Gasteiger charge is -2.18. The minimum Gasteiger partial charge on any atom is -0.497 e. The van der Waals surface area contributed by atoms with Gasteiger partial charge in [-0.1, -0.05) is 19.1 Å². The Balaban J connectivity index is 2.20. The molecular formula is C13H19NO. The number of benzene rings is 1. The Labute approximate surface area is 91.6 Å². The van der Waals surface area contributed by atoms with Gasteiger partial charge in [-0.2, -0.15) is 0 Å². The number of ether oxygens (including phenoxy) is 1. The zero-order chi connectivity index (χ0) is 10.7. The van der Waals surface area contributed by atoms with E-state index in [-0.39, 0.29) is 0 Å². The van der Waals surface area contributed by atoms with Crippen LogP contribution in [0.25, 0.3) is 0 Å². The van der Waals surface area contributed by atoms with Gasteiger partial charge in [0.2, 0.25) is 0 Å². The number of nitrogens with one attached hydrogen (secondary N) is 1. The highest BCUT2D eigenvalue weighted by Crippen LogP contribution is 2.31. The zero-order valence-electron chi connectivity index (χ0n) is 9.49. The molecule has 0 amide bonds. The molecule has 1 saturated heterocycles. The summed E-state index contributed by atoms with van der Waals surface area (Å²) in [5.74, 6) is 1.62. The summed E-state index contributed by atoms with van der Waals surface area (Å²) >= 11 is 0. The molecule has 2 heteroatoms. The second kappa shape index (κ2) is 4.67. The summed E-state index contributed by atoms with van der Waals surface area (Å²) < 4.78 is 5.26. The standard InChI is InChI=1S/C13H19NO/c1-3-13-12(7-8-14-13)10-5-4-6-11(9-10)15-2/h4-6,9,12-14H,3,7-8H2,1-2H3. The molecule has 0 spiro atoms. The normalized spacial score (nSPS) is 25.5. The zero-order valence-corrected chi connectivity index (χ0v) is 9.49. The van der Waals surface area contributed by atoms with E-state index in [1.54, 1.807) is 7.11 Å². The number of hydrogen-bond donors (Lipinski definition) is 1. The van der Waals surface area contributed by atoms with Crippen LogP contribution in [-0.2, 0) is 0 Å². The molecular weight excluding hydrogens is 186 g/mol. The van der Waals surface area contributed by atoms with E-state index < -0.39 is 0 Å². The fourth-order valence-electron chi connectivity index (χ4n) is 2.47. The van der Waals surface area contributed by atoms with Crippen molar-refractivity contribution in [1.82, 2.24) is 5.32 Å². The molecule has 1 fully saturated rings. The van der Waals surface area contributed by atoms with Gasteiger partial charge >= 0.3 is 0 Å². The fraction of sp³-hybridized carbons (Fsp3) is 0.538. The quantitative estimate of drug-likeness (QED) is 0.818. The van der Waals surface area contributed by atoms with Crippen molar-refractivity contribution in [1.29, 1.82) is 0 Å². The molecule has 0 radical (unpaired) electrons. The molecule has 0 aliphatic carbocycles. The van der Waals surface area contributed by atoms with Gasteiger partial charge < -0.3 is 10.1 Å². The highest BCUT2D eigenvalue weighted by atomic mass is 16.5. The maximum atomic E-state index is 5.26. The second-order valence-electron chi connectivity index (χ2n) is 4.14. The van der Waals surface area contributed by atoms with Crippen LogP contribution >= 0.6 is 0 Å². The summed E-state index contributed by atoms with van der Waals surface area (Å²) in [4.78, 5) is 0. The maximum Gasteiger partial charge on any atom is 0.119 e. The minimum atomic E-state index is 0.636. The first-order valence-corrected chi connectivity index (χ1v) is 5.72. The molecule has 1 aliphatic heterocycles. The van der Waals surface area contributed by atoms with E-state index >= 15 is 0 Å². The minimum absolute atomic E-state index is 0.636. The van der Waals surface area contributed by atoms with Crippen LogP contribution < -0.4 is 10.1 Å². The summed E-state index contributed by atoms with van der Waals surface area (Å²) in [6.07, 6.45) is 2.44. The lowest BCUT2D eigenvalue weighted by atomic mass is 9.90. The average Bonchev–Trinajstić information content (AvgIpc) is 2.77. The van der Waals surface area contributed by atoms with E-state index in [2.05, 4.69) is 30.4 Å². The van der Waals surface area contributed by atoms with Gasteiger partial charge in [-0.05, 0) is 37.1 Å². The average molecular weight is 205 g/mol. The second-order valence-corrected chi connectivity index (χ2v) is 4.14. The number of hydrogen-bond acceptors (Lipinski definition) is 2. The number of methoxy groups -OCH3 is 1. The van der Waals surface area contributed by atoms with Gasteiger partial charge in [-0.3, -0.25) is 0 Å². The van der Waals surface area contributed by atoms with Gasteiger partial charge in [0.1, 0.15) is 5.75 Å². The summed E-state index contributed by atoms with van der Waals surface area (Å²) in [6, 6.07) is 9.10. The first kappa shape index (κ1) is 10.5. The van der Waals surface area contributed by atoms with E-state index in [1.807, 2.05) is 6.07 Å². The topological polar surface area (TPSA) is 21.3 Å². The molecule has 2 atom stereocenters. The van der Waals surface area contributed by atoms with Crippen molar-refractivity contribution < 1.29 is 4.74 Å². The Morgan fingerprint density at radius 3 is 3.07 bits per heavy atom. The third kappa shape index (κ3) is 2.15. The van der Waals surface area contributed by atoms with Crippen molar-refractivity contribution in [2.75, 3.05) is 13.7 Å². The molecule has 2 nitrogen and oxygen atoms in total. The van der Waals surface area contributed by atoms with Gasteiger partial charge in [0.25, 0.3) is 0 Å². The molecule has 2 rings (SSSR count). The van der Waals surface area contributed by atoms with Gasteiger partial charge in [-0.15, -0.1) is 0 Å². The van der Waals surface area contributed by atoms with Crippen molar-refractivity contribution >= 4 is 0 Å². The molecule has 1 aromatic carbocycles. The molecule has 15 heavy (non-hydrogen) atoms. The lowest BCUT2D eigenvalue weighted by Crippen LogP contribution is -2.24. The van der Waals surface area contributed by atoms with Gasteiger partial charge in [0, 0.05) is 12.0 Å². The lowest BCUT2D eigenvalue weighted by molar-refractivity contribution is 0.413.